The summed E-state index contributed by atoms with van der Waals surface area (Å²) < 4.78 is 0. The molecule has 0 saturated carbocycles. The molecule has 0 unspecified atom stereocenters. The second kappa shape index (κ2) is 5.69. The molecular weight excluding hydrogens is 246 g/mol. The van der Waals surface area contributed by atoms with E-state index in [1.165, 1.54) is 12.1 Å². The molecule has 1 fully saturated rings. The number of carbonyl (C=O) groups is 1. The van der Waals surface area contributed by atoms with Crippen LogP contribution in [0, 0.1) is 10.1 Å². The molecule has 19 heavy (non-hydrogen) atoms. The van der Waals surface area contributed by atoms with E-state index in [1.807, 2.05) is 6.92 Å². The minimum atomic E-state index is -0.476. The van der Waals surface area contributed by atoms with Gasteiger partial charge in [0.15, 0.2) is 0 Å². The van der Waals surface area contributed by atoms with Gasteiger partial charge in [0, 0.05) is 31.8 Å². The lowest BCUT2D eigenvalue weighted by atomic mass is 10.1. The monoisotopic (exact) mass is 263 g/mol. The summed E-state index contributed by atoms with van der Waals surface area (Å²) in [4.78, 5) is 24.5. The van der Waals surface area contributed by atoms with E-state index in [2.05, 4.69) is 10.2 Å². The molecule has 6 heteroatoms. The fraction of sp³-hybridized carbons (Fsp3) is 0.462. The highest BCUT2D eigenvalue weighted by molar-refractivity contribution is 6.00. The number of carbonyl (C=O) groups excluding carboxylic acids is 1. The van der Waals surface area contributed by atoms with Crippen LogP contribution in [0.4, 0.5) is 11.4 Å². The summed E-state index contributed by atoms with van der Waals surface area (Å²) in [6.07, 6.45) is 2.18. The van der Waals surface area contributed by atoms with Gasteiger partial charge in [0.1, 0.15) is 0 Å². The Bertz CT molecular complexity index is 496. The van der Waals surface area contributed by atoms with Gasteiger partial charge in [-0.1, -0.05) is 0 Å². The third-order valence-corrected chi connectivity index (χ3v) is 3.22. The van der Waals surface area contributed by atoms with Gasteiger partial charge in [-0.05, 0) is 25.8 Å². The van der Waals surface area contributed by atoms with E-state index in [0.717, 1.165) is 31.6 Å². The molecule has 1 N–H and O–H groups in total. The first-order valence-electron chi connectivity index (χ1n) is 6.45. The molecule has 1 amide bonds. The minimum Gasteiger partial charge on any atom is -0.371 e. The Morgan fingerprint density at radius 2 is 2.11 bits per heavy atom. The predicted molar refractivity (Wildman–Crippen MR) is 72.6 cm³/mol. The van der Waals surface area contributed by atoms with E-state index in [9.17, 15) is 14.9 Å². The summed E-state index contributed by atoms with van der Waals surface area (Å²) in [5, 5.41) is 13.5. The van der Waals surface area contributed by atoms with Crippen molar-refractivity contribution in [2.24, 2.45) is 0 Å². The average molecular weight is 263 g/mol. The molecule has 1 aromatic rings. The SMILES string of the molecule is CCNC(=O)c1cc([N+](=O)[O-])ccc1N1CCCC1. The summed E-state index contributed by atoms with van der Waals surface area (Å²) >= 11 is 0. The van der Waals surface area contributed by atoms with Crippen LogP contribution in [0.1, 0.15) is 30.1 Å². The fourth-order valence-corrected chi connectivity index (χ4v) is 2.31. The topological polar surface area (TPSA) is 75.5 Å². The summed E-state index contributed by atoms with van der Waals surface area (Å²) in [6, 6.07) is 4.49. The van der Waals surface area contributed by atoms with Gasteiger partial charge in [-0.3, -0.25) is 14.9 Å². The number of nitro benzene ring substituents is 1. The average Bonchev–Trinajstić information content (AvgIpc) is 2.92. The quantitative estimate of drug-likeness (QED) is 0.665. The number of rotatable bonds is 4. The zero-order valence-corrected chi connectivity index (χ0v) is 10.9. The molecule has 0 aliphatic carbocycles. The Morgan fingerprint density at radius 3 is 2.68 bits per heavy atom. The largest absolute Gasteiger partial charge is 0.371 e. The molecule has 1 aromatic carbocycles. The summed E-state index contributed by atoms with van der Waals surface area (Å²) in [7, 11) is 0. The predicted octanol–water partition coefficient (Wildman–Crippen LogP) is 1.94. The maximum absolute atomic E-state index is 12.0. The van der Waals surface area contributed by atoms with Crippen LogP contribution in [-0.4, -0.2) is 30.5 Å². The third-order valence-electron chi connectivity index (χ3n) is 3.22. The molecule has 0 atom stereocenters. The number of nitrogens with zero attached hydrogens (tertiary/aromatic N) is 2. The highest BCUT2D eigenvalue weighted by Crippen LogP contribution is 2.28. The van der Waals surface area contributed by atoms with Gasteiger partial charge >= 0.3 is 0 Å². The molecule has 0 radical (unpaired) electrons. The van der Waals surface area contributed by atoms with Gasteiger partial charge in [0.25, 0.3) is 11.6 Å². The zero-order valence-electron chi connectivity index (χ0n) is 10.9. The fourth-order valence-electron chi connectivity index (χ4n) is 2.31. The van der Waals surface area contributed by atoms with Crippen molar-refractivity contribution in [3.8, 4) is 0 Å². The van der Waals surface area contributed by atoms with E-state index < -0.39 is 4.92 Å². The second-order valence-corrected chi connectivity index (χ2v) is 4.51. The molecular formula is C13H17N3O3. The number of non-ortho nitro benzene ring substituents is 1. The van der Waals surface area contributed by atoms with Crippen molar-refractivity contribution >= 4 is 17.3 Å². The van der Waals surface area contributed by atoms with E-state index in [-0.39, 0.29) is 11.6 Å². The number of nitro groups is 1. The normalized spacial score (nSPS) is 14.5. The Hall–Kier alpha value is -2.11. The first kappa shape index (κ1) is 13.3. The lowest BCUT2D eigenvalue weighted by Gasteiger charge is -2.20. The van der Waals surface area contributed by atoms with Gasteiger partial charge in [-0.2, -0.15) is 0 Å². The molecule has 0 spiro atoms. The van der Waals surface area contributed by atoms with Crippen molar-refractivity contribution in [2.45, 2.75) is 19.8 Å². The smallest absolute Gasteiger partial charge is 0.270 e. The molecule has 1 saturated heterocycles. The number of amides is 1. The number of anilines is 1. The van der Waals surface area contributed by atoms with Crippen LogP contribution in [0.2, 0.25) is 0 Å². The number of hydrogen-bond donors (Lipinski definition) is 1. The van der Waals surface area contributed by atoms with Gasteiger partial charge in [0.2, 0.25) is 0 Å². The number of nitrogens with one attached hydrogen (secondary N) is 1. The highest BCUT2D eigenvalue weighted by Gasteiger charge is 2.22. The van der Waals surface area contributed by atoms with Crippen molar-refractivity contribution in [1.29, 1.82) is 0 Å². The zero-order chi connectivity index (χ0) is 13.8. The summed E-state index contributed by atoms with van der Waals surface area (Å²) in [5.41, 5.74) is 1.12. The summed E-state index contributed by atoms with van der Waals surface area (Å²) in [6.45, 7) is 4.11. The van der Waals surface area contributed by atoms with Crippen LogP contribution in [-0.2, 0) is 0 Å². The molecule has 102 valence electrons. The third kappa shape index (κ3) is 2.83. The number of hydrogen-bond acceptors (Lipinski definition) is 4. The van der Waals surface area contributed by atoms with Crippen LogP contribution in [0.15, 0.2) is 18.2 Å². The maximum atomic E-state index is 12.0. The van der Waals surface area contributed by atoms with Crippen LogP contribution in [0.5, 0.6) is 0 Å². The van der Waals surface area contributed by atoms with Gasteiger partial charge < -0.3 is 10.2 Å². The van der Waals surface area contributed by atoms with Gasteiger partial charge in [-0.15, -0.1) is 0 Å². The lowest BCUT2D eigenvalue weighted by Crippen LogP contribution is -2.27. The Labute approximate surface area is 111 Å². The van der Waals surface area contributed by atoms with E-state index >= 15 is 0 Å². The first-order valence-corrected chi connectivity index (χ1v) is 6.45. The van der Waals surface area contributed by atoms with E-state index in [4.69, 9.17) is 0 Å². The molecule has 0 aromatic heterocycles. The van der Waals surface area contributed by atoms with Crippen LogP contribution < -0.4 is 10.2 Å². The van der Waals surface area contributed by atoms with Crippen molar-refractivity contribution in [1.82, 2.24) is 5.32 Å². The first-order chi connectivity index (χ1) is 9.13. The van der Waals surface area contributed by atoms with E-state index in [1.54, 1.807) is 6.07 Å². The second-order valence-electron chi connectivity index (χ2n) is 4.51. The number of benzene rings is 1. The van der Waals surface area contributed by atoms with Gasteiger partial charge in [-0.25, -0.2) is 0 Å². The molecule has 0 bridgehead atoms. The molecule has 6 nitrogen and oxygen atoms in total. The van der Waals surface area contributed by atoms with Crippen LogP contribution >= 0.6 is 0 Å². The van der Waals surface area contributed by atoms with Crippen molar-refractivity contribution in [3.05, 3.63) is 33.9 Å². The van der Waals surface area contributed by atoms with Crippen molar-refractivity contribution < 1.29 is 9.72 Å². The van der Waals surface area contributed by atoms with Crippen LogP contribution in [0.3, 0.4) is 0 Å². The van der Waals surface area contributed by atoms with E-state index in [0.29, 0.717) is 12.1 Å². The molecule has 1 aliphatic heterocycles. The van der Waals surface area contributed by atoms with Gasteiger partial charge in [0.05, 0.1) is 16.2 Å². The van der Waals surface area contributed by atoms with Crippen LogP contribution in [0.25, 0.3) is 0 Å². The molecule has 1 aliphatic rings. The maximum Gasteiger partial charge on any atom is 0.270 e. The van der Waals surface area contributed by atoms with Crippen molar-refractivity contribution in [2.75, 3.05) is 24.5 Å². The molecule has 1 heterocycles. The standard InChI is InChI=1S/C13H17N3O3/c1-2-14-13(17)11-9-10(16(18)19)5-6-12(11)15-7-3-4-8-15/h5-6,9H,2-4,7-8H2,1H3,(H,14,17). The lowest BCUT2D eigenvalue weighted by molar-refractivity contribution is -0.384. The Morgan fingerprint density at radius 1 is 1.42 bits per heavy atom. The Balaban J connectivity index is 2.40. The Kier molecular flexibility index (Phi) is 3.99. The van der Waals surface area contributed by atoms with Crippen molar-refractivity contribution in [3.63, 3.8) is 0 Å². The highest BCUT2D eigenvalue weighted by atomic mass is 16.6. The molecule has 2 rings (SSSR count). The summed E-state index contributed by atoms with van der Waals surface area (Å²) in [5.74, 6) is -0.256. The minimum absolute atomic E-state index is 0.0517.